The van der Waals surface area contributed by atoms with Crippen molar-refractivity contribution in [1.82, 2.24) is 14.7 Å². The third-order valence-corrected chi connectivity index (χ3v) is 5.97. The number of nitrogens with zero attached hydrogens (tertiary/aromatic N) is 3. The summed E-state index contributed by atoms with van der Waals surface area (Å²) in [4.78, 5) is 18.9. The van der Waals surface area contributed by atoms with Gasteiger partial charge in [0.25, 0.3) is 0 Å². The minimum atomic E-state index is 0.269. The summed E-state index contributed by atoms with van der Waals surface area (Å²) >= 11 is 12.1. The molecule has 0 radical (unpaired) electrons. The number of carbonyl (C=O) groups is 1. The lowest BCUT2D eigenvalue weighted by Gasteiger charge is -2.35. The zero-order chi connectivity index (χ0) is 18.5. The van der Waals surface area contributed by atoms with Crippen molar-refractivity contribution >= 4 is 29.1 Å². The van der Waals surface area contributed by atoms with E-state index < -0.39 is 0 Å². The van der Waals surface area contributed by atoms with E-state index in [-0.39, 0.29) is 5.91 Å². The van der Waals surface area contributed by atoms with E-state index in [9.17, 15) is 4.79 Å². The fourth-order valence-corrected chi connectivity index (χ4v) is 4.11. The van der Waals surface area contributed by atoms with Crippen LogP contribution < -0.4 is 0 Å². The zero-order valence-corrected chi connectivity index (χ0v) is 16.8. The molecule has 3 rings (SSSR count). The maximum atomic E-state index is 12.1. The topological polar surface area (TPSA) is 36.0 Å². The predicted octanol–water partition coefficient (Wildman–Crippen LogP) is 2.61. The molecule has 0 spiro atoms. The number of likely N-dealkylation sites (tertiary alicyclic amines) is 1. The first-order valence-electron chi connectivity index (χ1n) is 9.20. The molecule has 2 fully saturated rings. The number of hydrogen-bond donors (Lipinski definition) is 0. The number of amides is 1. The Morgan fingerprint density at radius 2 is 1.85 bits per heavy atom. The number of benzene rings is 1. The van der Waals surface area contributed by atoms with Crippen LogP contribution >= 0.6 is 23.2 Å². The van der Waals surface area contributed by atoms with E-state index in [1.165, 1.54) is 5.56 Å². The molecule has 2 aliphatic rings. The molecule has 0 bridgehead atoms. The van der Waals surface area contributed by atoms with Crippen molar-refractivity contribution in [1.29, 1.82) is 0 Å². The van der Waals surface area contributed by atoms with Crippen LogP contribution in [-0.2, 0) is 16.1 Å². The smallest absolute Gasteiger partial charge is 0.223 e. The van der Waals surface area contributed by atoms with Crippen molar-refractivity contribution in [3.05, 3.63) is 33.8 Å². The average Bonchev–Trinajstić information content (AvgIpc) is 2.97. The first-order valence-corrected chi connectivity index (χ1v) is 9.96. The molecule has 0 saturated carbocycles. The van der Waals surface area contributed by atoms with Crippen LogP contribution in [0.3, 0.4) is 0 Å². The monoisotopic (exact) mass is 399 g/mol. The summed E-state index contributed by atoms with van der Waals surface area (Å²) in [6, 6.07) is 5.86. The molecular formula is C19H27Cl2N3O2. The van der Waals surface area contributed by atoms with Crippen LogP contribution in [0.1, 0.15) is 12.0 Å². The van der Waals surface area contributed by atoms with Crippen LogP contribution in [0.25, 0.3) is 0 Å². The Morgan fingerprint density at radius 1 is 1.12 bits per heavy atom. The number of halogens is 2. The highest BCUT2D eigenvalue weighted by Crippen LogP contribution is 2.24. The van der Waals surface area contributed by atoms with Gasteiger partial charge in [-0.2, -0.15) is 0 Å². The molecule has 0 aliphatic carbocycles. The number of piperazine rings is 1. The Labute approximate surface area is 165 Å². The van der Waals surface area contributed by atoms with Crippen molar-refractivity contribution in [2.75, 3.05) is 59.5 Å². The van der Waals surface area contributed by atoms with E-state index in [4.69, 9.17) is 27.9 Å². The van der Waals surface area contributed by atoms with Gasteiger partial charge in [-0.25, -0.2) is 0 Å². The van der Waals surface area contributed by atoms with Gasteiger partial charge in [0.2, 0.25) is 5.91 Å². The number of ether oxygens (including phenoxy) is 1. The quantitative estimate of drug-likeness (QED) is 0.705. The number of methoxy groups -OCH3 is 1. The number of carbonyl (C=O) groups excluding carboxylic acids is 1. The van der Waals surface area contributed by atoms with E-state index in [1.807, 2.05) is 23.1 Å². The van der Waals surface area contributed by atoms with E-state index in [0.29, 0.717) is 35.5 Å². The maximum absolute atomic E-state index is 12.1. The largest absolute Gasteiger partial charge is 0.383 e. The molecule has 7 heteroatoms. The van der Waals surface area contributed by atoms with Crippen LogP contribution in [0.5, 0.6) is 0 Å². The first-order chi connectivity index (χ1) is 12.5. The molecule has 2 aliphatic heterocycles. The summed E-state index contributed by atoms with van der Waals surface area (Å²) in [6.07, 6.45) is 0.674. The highest BCUT2D eigenvalue weighted by atomic mass is 35.5. The van der Waals surface area contributed by atoms with Gasteiger partial charge in [0, 0.05) is 65.9 Å². The molecule has 144 valence electrons. The first kappa shape index (κ1) is 19.9. The number of rotatable bonds is 7. The molecule has 0 aromatic heterocycles. The maximum Gasteiger partial charge on any atom is 0.223 e. The minimum absolute atomic E-state index is 0.269. The van der Waals surface area contributed by atoms with Gasteiger partial charge in [0.1, 0.15) is 0 Å². The lowest BCUT2D eigenvalue weighted by Crippen LogP contribution is -2.47. The van der Waals surface area contributed by atoms with Crippen LogP contribution in [0, 0.1) is 5.92 Å². The van der Waals surface area contributed by atoms with Gasteiger partial charge in [-0.05, 0) is 23.6 Å². The fraction of sp³-hybridized carbons (Fsp3) is 0.632. The van der Waals surface area contributed by atoms with Crippen molar-refractivity contribution in [3.63, 3.8) is 0 Å². The molecular weight excluding hydrogens is 373 g/mol. The van der Waals surface area contributed by atoms with Crippen LogP contribution in [0.4, 0.5) is 0 Å². The molecule has 5 nitrogen and oxygen atoms in total. The van der Waals surface area contributed by atoms with Crippen LogP contribution in [0.2, 0.25) is 10.0 Å². The van der Waals surface area contributed by atoms with Gasteiger partial charge in [-0.1, -0.05) is 29.3 Å². The molecule has 26 heavy (non-hydrogen) atoms. The lowest BCUT2D eigenvalue weighted by molar-refractivity contribution is -0.128. The molecule has 0 N–H and O–H groups in total. The average molecular weight is 400 g/mol. The third-order valence-electron chi connectivity index (χ3n) is 5.23. The summed E-state index contributed by atoms with van der Waals surface area (Å²) < 4.78 is 5.09. The standard InChI is InChI=1S/C19H27Cl2N3O2/c1-26-9-8-24-14-16(11-19(24)25)13-23-6-4-22(5-7-23)12-15-2-3-17(20)18(21)10-15/h2-3,10,16H,4-9,11-14H2,1H3/t16-/m1/s1. The summed E-state index contributed by atoms with van der Waals surface area (Å²) in [7, 11) is 1.68. The molecule has 1 aromatic carbocycles. The molecule has 1 aromatic rings. The number of hydrogen-bond acceptors (Lipinski definition) is 4. The Morgan fingerprint density at radius 3 is 2.54 bits per heavy atom. The second-order valence-electron chi connectivity index (χ2n) is 7.23. The predicted molar refractivity (Wildman–Crippen MR) is 105 cm³/mol. The summed E-state index contributed by atoms with van der Waals surface area (Å²) in [5, 5.41) is 1.22. The van der Waals surface area contributed by atoms with Gasteiger partial charge in [0.05, 0.1) is 16.7 Å². The molecule has 1 amide bonds. The van der Waals surface area contributed by atoms with E-state index in [2.05, 4.69) is 9.80 Å². The third kappa shape index (κ3) is 5.33. The van der Waals surface area contributed by atoms with Crippen molar-refractivity contribution in [2.45, 2.75) is 13.0 Å². The molecule has 1 atom stereocenters. The van der Waals surface area contributed by atoms with E-state index in [1.54, 1.807) is 7.11 Å². The Balaban J connectivity index is 1.41. The van der Waals surface area contributed by atoms with Gasteiger partial charge in [-0.15, -0.1) is 0 Å². The molecule has 2 saturated heterocycles. The van der Waals surface area contributed by atoms with Crippen LogP contribution in [0.15, 0.2) is 18.2 Å². The van der Waals surface area contributed by atoms with Crippen molar-refractivity contribution in [3.8, 4) is 0 Å². The normalized spacial score (nSPS) is 22.3. The van der Waals surface area contributed by atoms with E-state index >= 15 is 0 Å². The Kier molecular flexibility index (Phi) is 7.18. The van der Waals surface area contributed by atoms with E-state index in [0.717, 1.165) is 45.8 Å². The van der Waals surface area contributed by atoms with Crippen molar-refractivity contribution in [2.24, 2.45) is 5.92 Å². The van der Waals surface area contributed by atoms with Gasteiger partial charge < -0.3 is 14.5 Å². The second kappa shape index (κ2) is 9.38. The minimum Gasteiger partial charge on any atom is -0.383 e. The molecule has 0 unspecified atom stereocenters. The van der Waals surface area contributed by atoms with Crippen LogP contribution in [-0.4, -0.2) is 80.1 Å². The fourth-order valence-electron chi connectivity index (χ4n) is 3.79. The highest BCUT2D eigenvalue weighted by Gasteiger charge is 2.31. The second-order valence-corrected chi connectivity index (χ2v) is 8.04. The highest BCUT2D eigenvalue weighted by molar-refractivity contribution is 6.42. The summed E-state index contributed by atoms with van der Waals surface area (Å²) in [5.74, 6) is 0.714. The lowest BCUT2D eigenvalue weighted by atomic mass is 10.1. The summed E-state index contributed by atoms with van der Waals surface area (Å²) in [6.45, 7) is 8.27. The Hall–Kier alpha value is -0.850. The van der Waals surface area contributed by atoms with Gasteiger partial charge in [-0.3, -0.25) is 9.69 Å². The summed E-state index contributed by atoms with van der Waals surface area (Å²) in [5.41, 5.74) is 1.20. The van der Waals surface area contributed by atoms with Crippen molar-refractivity contribution < 1.29 is 9.53 Å². The van der Waals surface area contributed by atoms with Gasteiger partial charge >= 0.3 is 0 Å². The SMILES string of the molecule is COCCN1C[C@@H](CN2CCN(Cc3ccc(Cl)c(Cl)c3)CC2)CC1=O. The Bertz CT molecular complexity index is 621. The zero-order valence-electron chi connectivity index (χ0n) is 15.3. The molecule has 2 heterocycles. The van der Waals surface area contributed by atoms with Gasteiger partial charge in [0.15, 0.2) is 0 Å².